The Labute approximate surface area is 170 Å². The summed E-state index contributed by atoms with van der Waals surface area (Å²) in [6.45, 7) is 0. The monoisotopic (exact) mass is 397 g/mol. The van der Waals surface area contributed by atoms with E-state index in [1.807, 2.05) is 42.5 Å². The molecule has 3 rings (SSSR count). The largest absolute Gasteiger partial charge is 0.497 e. The number of methoxy groups -OCH3 is 1. The molecule has 2 aromatic rings. The van der Waals surface area contributed by atoms with Gasteiger partial charge in [-0.15, -0.1) is 0 Å². The fraction of sp³-hybridized carbons (Fsp3) is 0.304. The van der Waals surface area contributed by atoms with Crippen LogP contribution in [0.4, 0.5) is 0 Å². The molecule has 146 valence electrons. The highest BCUT2D eigenvalue weighted by Gasteiger charge is 2.47. The van der Waals surface area contributed by atoms with E-state index >= 15 is 0 Å². The van der Waals surface area contributed by atoms with Crippen molar-refractivity contribution in [3.63, 3.8) is 0 Å². The molecule has 0 bridgehead atoms. The second-order valence-electron chi connectivity index (χ2n) is 6.98. The first-order chi connectivity index (χ1) is 13.5. The number of carbonyl (C=O) groups excluding carboxylic acids is 2. The summed E-state index contributed by atoms with van der Waals surface area (Å²) in [6, 6.07) is 14.8. The van der Waals surface area contributed by atoms with E-state index in [1.165, 1.54) is 6.08 Å². The summed E-state index contributed by atoms with van der Waals surface area (Å²) in [6.07, 6.45) is 5.96. The smallest absolute Gasteiger partial charge is 0.247 e. The molecule has 1 aliphatic carbocycles. The van der Waals surface area contributed by atoms with E-state index < -0.39 is 5.54 Å². The van der Waals surface area contributed by atoms with Gasteiger partial charge in [-0.05, 0) is 49.1 Å². The lowest BCUT2D eigenvalue weighted by molar-refractivity contribution is -0.144. The zero-order valence-corrected chi connectivity index (χ0v) is 16.9. The number of benzene rings is 2. The number of Topliss-reactive ketones (excluding diaryl/α,β-unsaturated/α-hetero) is 1. The molecule has 0 N–H and O–H groups in total. The Hall–Kier alpha value is -2.59. The molecule has 1 amide bonds. The minimum Gasteiger partial charge on any atom is -0.497 e. The van der Waals surface area contributed by atoms with Crippen molar-refractivity contribution >= 4 is 29.4 Å². The van der Waals surface area contributed by atoms with Crippen LogP contribution in [-0.4, -0.2) is 30.7 Å². The molecule has 0 unspecified atom stereocenters. The lowest BCUT2D eigenvalue weighted by atomic mass is 9.74. The first kappa shape index (κ1) is 20.2. The van der Waals surface area contributed by atoms with Crippen LogP contribution in [0.1, 0.15) is 36.8 Å². The number of nitrogens with zero attached hydrogens (tertiary/aromatic N) is 1. The van der Waals surface area contributed by atoms with E-state index in [4.69, 9.17) is 16.3 Å². The molecule has 1 fully saturated rings. The SMILES string of the molecule is COc1cccc(/C=C/C(=O)N(C)[C@]2(c3ccccc3Cl)CCCCC2=O)c1. The zero-order valence-electron chi connectivity index (χ0n) is 16.2. The van der Waals surface area contributed by atoms with Gasteiger partial charge in [0.25, 0.3) is 0 Å². The van der Waals surface area contributed by atoms with Gasteiger partial charge in [0.05, 0.1) is 7.11 Å². The van der Waals surface area contributed by atoms with E-state index in [-0.39, 0.29) is 11.7 Å². The third-order valence-corrected chi connectivity index (χ3v) is 5.72. The highest BCUT2D eigenvalue weighted by atomic mass is 35.5. The Morgan fingerprint density at radius 1 is 1.18 bits per heavy atom. The summed E-state index contributed by atoms with van der Waals surface area (Å²) in [5, 5.41) is 0.508. The highest BCUT2D eigenvalue weighted by Crippen LogP contribution is 2.42. The Balaban J connectivity index is 1.94. The van der Waals surface area contributed by atoms with Crippen LogP contribution in [0.5, 0.6) is 5.75 Å². The molecular formula is C23H24ClNO3. The summed E-state index contributed by atoms with van der Waals surface area (Å²) in [5.41, 5.74) is 0.529. The van der Waals surface area contributed by atoms with Crippen molar-refractivity contribution in [1.29, 1.82) is 0 Å². The Kier molecular flexibility index (Phi) is 6.20. The quantitative estimate of drug-likeness (QED) is 0.677. The first-order valence-corrected chi connectivity index (χ1v) is 9.75. The number of ketones is 1. The van der Waals surface area contributed by atoms with Gasteiger partial charge < -0.3 is 9.64 Å². The third-order valence-electron chi connectivity index (χ3n) is 5.39. The molecule has 0 heterocycles. The third kappa shape index (κ3) is 3.83. The van der Waals surface area contributed by atoms with Gasteiger partial charge in [-0.1, -0.05) is 41.9 Å². The van der Waals surface area contributed by atoms with Crippen LogP contribution >= 0.6 is 11.6 Å². The van der Waals surface area contributed by atoms with Gasteiger partial charge in [-0.25, -0.2) is 0 Å². The number of carbonyl (C=O) groups is 2. The van der Waals surface area contributed by atoms with E-state index in [1.54, 1.807) is 31.2 Å². The molecule has 2 aromatic carbocycles. The summed E-state index contributed by atoms with van der Waals surface area (Å²) in [4.78, 5) is 27.6. The van der Waals surface area contributed by atoms with E-state index in [9.17, 15) is 9.59 Å². The fourth-order valence-corrected chi connectivity index (χ4v) is 4.13. The Morgan fingerprint density at radius 2 is 1.96 bits per heavy atom. The van der Waals surface area contributed by atoms with Crippen LogP contribution in [0.25, 0.3) is 6.08 Å². The van der Waals surface area contributed by atoms with E-state index in [0.717, 1.165) is 24.2 Å². The average Bonchev–Trinajstić information content (AvgIpc) is 2.72. The van der Waals surface area contributed by atoms with Gasteiger partial charge in [-0.2, -0.15) is 0 Å². The summed E-state index contributed by atoms with van der Waals surface area (Å²) in [5.74, 6) is 0.522. The van der Waals surface area contributed by atoms with Crippen LogP contribution in [-0.2, 0) is 15.1 Å². The maximum Gasteiger partial charge on any atom is 0.247 e. The molecule has 1 saturated carbocycles. The standard InChI is InChI=1S/C23H24ClNO3/c1-25(22(27)14-13-17-8-7-9-18(16-17)28-2)23(15-6-5-12-21(23)26)19-10-3-4-11-20(19)24/h3-4,7-11,13-14,16H,5-6,12,15H2,1-2H3/b14-13+/t23-/m0/s1. The number of hydrogen-bond acceptors (Lipinski definition) is 3. The molecule has 4 nitrogen and oxygen atoms in total. The van der Waals surface area contributed by atoms with Gasteiger partial charge in [0, 0.05) is 30.1 Å². The number of ether oxygens (including phenoxy) is 1. The fourth-order valence-electron chi connectivity index (χ4n) is 3.84. The molecule has 0 aliphatic heterocycles. The number of likely N-dealkylation sites (N-methyl/N-ethyl adjacent to an activating group) is 1. The van der Waals surface area contributed by atoms with Crippen LogP contribution in [0.2, 0.25) is 5.02 Å². The van der Waals surface area contributed by atoms with Crippen molar-refractivity contribution in [2.24, 2.45) is 0 Å². The number of hydrogen-bond donors (Lipinski definition) is 0. The van der Waals surface area contributed by atoms with Gasteiger partial charge in [0.1, 0.15) is 11.3 Å². The van der Waals surface area contributed by atoms with Crippen molar-refractivity contribution in [2.45, 2.75) is 31.2 Å². The van der Waals surface area contributed by atoms with Crippen molar-refractivity contribution < 1.29 is 14.3 Å². The molecule has 1 aliphatic rings. The molecule has 0 saturated heterocycles. The molecule has 0 spiro atoms. The van der Waals surface area contributed by atoms with Crippen LogP contribution in [0.15, 0.2) is 54.6 Å². The van der Waals surface area contributed by atoms with Gasteiger partial charge >= 0.3 is 0 Å². The first-order valence-electron chi connectivity index (χ1n) is 9.37. The predicted octanol–water partition coefficient (Wildman–Crippen LogP) is 4.86. The topological polar surface area (TPSA) is 46.6 Å². The normalized spacial score (nSPS) is 19.6. The van der Waals surface area contributed by atoms with Crippen molar-refractivity contribution in [2.75, 3.05) is 14.2 Å². The zero-order chi connectivity index (χ0) is 20.1. The Morgan fingerprint density at radius 3 is 2.68 bits per heavy atom. The lowest BCUT2D eigenvalue weighted by Crippen LogP contribution is -2.53. The van der Waals surface area contributed by atoms with Crippen molar-refractivity contribution in [1.82, 2.24) is 4.90 Å². The maximum absolute atomic E-state index is 13.1. The second-order valence-corrected chi connectivity index (χ2v) is 7.38. The number of halogens is 1. The molecule has 28 heavy (non-hydrogen) atoms. The second kappa shape index (κ2) is 8.61. The van der Waals surface area contributed by atoms with Crippen LogP contribution in [0.3, 0.4) is 0 Å². The number of rotatable bonds is 5. The molecule has 1 atom stereocenters. The van der Waals surface area contributed by atoms with E-state index in [0.29, 0.717) is 23.4 Å². The summed E-state index contributed by atoms with van der Waals surface area (Å²) in [7, 11) is 3.29. The highest BCUT2D eigenvalue weighted by molar-refractivity contribution is 6.31. The van der Waals surface area contributed by atoms with Gasteiger partial charge in [-0.3, -0.25) is 9.59 Å². The Bertz CT molecular complexity index is 908. The molecular weight excluding hydrogens is 374 g/mol. The minimum absolute atomic E-state index is 0.0393. The van der Waals surface area contributed by atoms with E-state index in [2.05, 4.69) is 0 Å². The predicted molar refractivity (Wildman–Crippen MR) is 111 cm³/mol. The lowest BCUT2D eigenvalue weighted by Gasteiger charge is -2.43. The summed E-state index contributed by atoms with van der Waals surface area (Å²) < 4.78 is 5.22. The average molecular weight is 398 g/mol. The van der Waals surface area contributed by atoms with Crippen molar-refractivity contribution in [3.05, 3.63) is 70.8 Å². The molecule has 5 heteroatoms. The number of amides is 1. The van der Waals surface area contributed by atoms with Gasteiger partial charge in [0.15, 0.2) is 5.78 Å². The molecule has 0 aromatic heterocycles. The summed E-state index contributed by atoms with van der Waals surface area (Å²) >= 11 is 6.45. The minimum atomic E-state index is -1.02. The van der Waals surface area contributed by atoms with Crippen LogP contribution < -0.4 is 4.74 Å². The van der Waals surface area contributed by atoms with Crippen LogP contribution in [0, 0.1) is 0 Å². The van der Waals surface area contributed by atoms with Gasteiger partial charge in [0.2, 0.25) is 5.91 Å². The molecule has 0 radical (unpaired) electrons. The maximum atomic E-state index is 13.1. The van der Waals surface area contributed by atoms with Crippen molar-refractivity contribution in [3.8, 4) is 5.75 Å².